The summed E-state index contributed by atoms with van der Waals surface area (Å²) in [7, 11) is 0.871. The lowest BCUT2D eigenvalue weighted by molar-refractivity contribution is -0.274. The molecule has 0 radical (unpaired) electrons. The summed E-state index contributed by atoms with van der Waals surface area (Å²) in [6, 6.07) is 3.32. The Morgan fingerprint density at radius 2 is 1.74 bits per heavy atom. The minimum absolute atomic E-state index is 0.139. The van der Waals surface area contributed by atoms with Crippen LogP contribution in [0.5, 0.6) is 5.75 Å². The first-order valence-corrected chi connectivity index (χ1v) is 5.87. The zero-order chi connectivity index (χ0) is 17.4. The van der Waals surface area contributed by atoms with Crippen molar-refractivity contribution in [3.8, 4) is 5.75 Å². The van der Waals surface area contributed by atoms with E-state index in [2.05, 4.69) is 14.5 Å². The van der Waals surface area contributed by atoms with E-state index in [-0.39, 0.29) is 10.9 Å². The van der Waals surface area contributed by atoms with E-state index in [1.807, 2.05) is 0 Å². The number of fused-ring (bicyclic) bond motifs is 1. The van der Waals surface area contributed by atoms with Crippen LogP contribution in [-0.4, -0.2) is 24.4 Å². The summed E-state index contributed by atoms with van der Waals surface area (Å²) >= 11 is 0. The Bertz CT molecular complexity index is 754. The molecule has 0 unspecified atom stereocenters. The Morgan fingerprint density at radius 1 is 1.09 bits per heavy atom. The topological polar surface area (TPSA) is 48.4 Å². The number of hydrogen-bond acceptors (Lipinski definition) is 4. The Morgan fingerprint density at radius 3 is 2.26 bits per heavy atom. The number of benzene rings is 1. The Kier molecular flexibility index (Phi) is 4.10. The number of ether oxygens (including phenoxy) is 2. The zero-order valence-corrected chi connectivity index (χ0v) is 11.2. The highest BCUT2D eigenvalue weighted by Crippen LogP contribution is 2.34. The fourth-order valence-electron chi connectivity index (χ4n) is 1.83. The van der Waals surface area contributed by atoms with Crippen molar-refractivity contribution in [3.05, 3.63) is 35.5 Å². The van der Waals surface area contributed by atoms with Gasteiger partial charge >= 0.3 is 18.5 Å². The number of methoxy groups -OCH3 is 1. The molecule has 10 heteroatoms. The van der Waals surface area contributed by atoms with Crippen LogP contribution in [0.3, 0.4) is 0 Å². The summed E-state index contributed by atoms with van der Waals surface area (Å²) in [5.74, 6) is -1.96. The molecular weight excluding hydrogens is 332 g/mol. The van der Waals surface area contributed by atoms with Crippen LogP contribution < -0.4 is 4.74 Å². The summed E-state index contributed by atoms with van der Waals surface area (Å²) in [6.07, 6.45) is -9.89. The summed E-state index contributed by atoms with van der Waals surface area (Å²) < 4.78 is 83.2. The minimum atomic E-state index is -4.96. The smallest absolute Gasteiger partial charge is 0.465 e. The lowest BCUT2D eigenvalue weighted by atomic mass is 10.1. The fourth-order valence-corrected chi connectivity index (χ4v) is 1.83. The average Bonchev–Trinajstić information content (AvgIpc) is 2.42. The van der Waals surface area contributed by atoms with Gasteiger partial charge in [0.25, 0.3) is 0 Å². The first-order valence-electron chi connectivity index (χ1n) is 5.87. The van der Waals surface area contributed by atoms with Crippen LogP contribution >= 0.6 is 0 Å². The molecule has 2 rings (SSSR count). The maximum atomic E-state index is 12.9. The molecule has 0 atom stereocenters. The number of rotatable bonds is 2. The van der Waals surface area contributed by atoms with E-state index < -0.39 is 35.5 Å². The van der Waals surface area contributed by atoms with Gasteiger partial charge in [-0.2, -0.15) is 13.2 Å². The molecule has 0 N–H and O–H groups in total. The van der Waals surface area contributed by atoms with Gasteiger partial charge in [0.05, 0.1) is 18.2 Å². The first kappa shape index (κ1) is 16.8. The second-order valence-corrected chi connectivity index (χ2v) is 4.28. The predicted octanol–water partition coefficient (Wildman–Crippen LogP) is 3.94. The van der Waals surface area contributed by atoms with Crippen molar-refractivity contribution >= 4 is 16.9 Å². The van der Waals surface area contributed by atoms with E-state index in [1.54, 1.807) is 0 Å². The van der Waals surface area contributed by atoms with Crippen LogP contribution in [-0.2, 0) is 10.9 Å². The van der Waals surface area contributed by atoms with Gasteiger partial charge in [-0.05, 0) is 24.3 Å². The van der Waals surface area contributed by atoms with Gasteiger partial charge < -0.3 is 9.47 Å². The van der Waals surface area contributed by atoms with Crippen molar-refractivity contribution in [2.75, 3.05) is 7.11 Å². The molecule has 0 spiro atoms. The van der Waals surface area contributed by atoms with Crippen LogP contribution in [0, 0.1) is 0 Å². The van der Waals surface area contributed by atoms with Gasteiger partial charge in [0.2, 0.25) is 0 Å². The van der Waals surface area contributed by atoms with Crippen LogP contribution in [0.2, 0.25) is 0 Å². The second-order valence-electron chi connectivity index (χ2n) is 4.28. The zero-order valence-electron chi connectivity index (χ0n) is 11.2. The third-order valence-electron chi connectivity index (χ3n) is 2.69. The standard InChI is InChI=1S/C13H7F6NO3/c1-22-11(21)8-5-6-4-7(23-13(17,18)19)2-3-9(6)20-10(8)12(14,15)16/h2-5H,1H3. The van der Waals surface area contributed by atoms with Gasteiger partial charge in [-0.1, -0.05) is 0 Å². The Hall–Kier alpha value is -2.52. The number of carbonyl (C=O) groups is 1. The number of alkyl halides is 6. The molecule has 0 aliphatic carbocycles. The molecule has 0 saturated heterocycles. The van der Waals surface area contributed by atoms with Gasteiger partial charge in [-0.25, -0.2) is 9.78 Å². The van der Waals surface area contributed by atoms with Crippen molar-refractivity contribution < 1.29 is 40.6 Å². The van der Waals surface area contributed by atoms with E-state index >= 15 is 0 Å². The number of pyridine rings is 1. The van der Waals surface area contributed by atoms with Crippen molar-refractivity contribution in [3.63, 3.8) is 0 Å². The molecule has 2 aromatic rings. The molecule has 0 saturated carbocycles. The van der Waals surface area contributed by atoms with Crippen LogP contribution in [0.15, 0.2) is 24.3 Å². The monoisotopic (exact) mass is 339 g/mol. The fraction of sp³-hybridized carbons (Fsp3) is 0.231. The second kappa shape index (κ2) is 5.60. The van der Waals surface area contributed by atoms with Gasteiger partial charge in [-0.3, -0.25) is 0 Å². The Balaban J connectivity index is 2.63. The molecule has 0 amide bonds. The quantitative estimate of drug-likeness (QED) is 0.614. The first-order chi connectivity index (χ1) is 10.5. The van der Waals surface area contributed by atoms with E-state index in [9.17, 15) is 31.1 Å². The summed E-state index contributed by atoms with van der Waals surface area (Å²) in [5.41, 5.74) is -2.64. The van der Waals surface area contributed by atoms with Gasteiger partial charge in [0.15, 0.2) is 5.69 Å². The number of carbonyl (C=O) groups excluding carboxylic acids is 1. The van der Waals surface area contributed by atoms with Crippen molar-refractivity contribution in [1.29, 1.82) is 0 Å². The van der Waals surface area contributed by atoms with Crippen LogP contribution in [0.1, 0.15) is 16.1 Å². The number of hydrogen-bond donors (Lipinski definition) is 0. The SMILES string of the molecule is COC(=O)c1cc2cc(OC(F)(F)F)ccc2nc1C(F)(F)F. The molecule has 23 heavy (non-hydrogen) atoms. The van der Waals surface area contributed by atoms with Crippen molar-refractivity contribution in [2.24, 2.45) is 0 Å². The highest BCUT2D eigenvalue weighted by molar-refractivity contribution is 5.95. The van der Waals surface area contributed by atoms with Crippen LogP contribution in [0.25, 0.3) is 10.9 Å². The number of esters is 1. The lowest BCUT2D eigenvalue weighted by Gasteiger charge is -2.13. The van der Waals surface area contributed by atoms with E-state index in [4.69, 9.17) is 0 Å². The predicted molar refractivity (Wildman–Crippen MR) is 64.8 cm³/mol. The number of nitrogens with zero attached hydrogens (tertiary/aromatic N) is 1. The minimum Gasteiger partial charge on any atom is -0.465 e. The molecule has 1 heterocycles. The third kappa shape index (κ3) is 3.82. The van der Waals surface area contributed by atoms with Gasteiger partial charge in [-0.15, -0.1) is 13.2 Å². The van der Waals surface area contributed by atoms with E-state index in [0.717, 1.165) is 31.4 Å². The molecule has 0 aliphatic rings. The number of halogens is 6. The normalized spacial score (nSPS) is 12.3. The molecule has 0 aliphatic heterocycles. The average molecular weight is 339 g/mol. The molecule has 0 fully saturated rings. The van der Waals surface area contributed by atoms with Crippen molar-refractivity contribution in [2.45, 2.75) is 12.5 Å². The summed E-state index contributed by atoms with van der Waals surface area (Å²) in [5, 5.41) is -0.139. The molecule has 4 nitrogen and oxygen atoms in total. The van der Waals surface area contributed by atoms with E-state index in [1.165, 1.54) is 0 Å². The van der Waals surface area contributed by atoms with Crippen molar-refractivity contribution in [1.82, 2.24) is 4.98 Å². The highest BCUT2D eigenvalue weighted by atomic mass is 19.4. The lowest BCUT2D eigenvalue weighted by Crippen LogP contribution is -2.18. The Labute approximate surface area is 124 Å². The molecule has 124 valence electrons. The third-order valence-corrected chi connectivity index (χ3v) is 2.69. The highest BCUT2D eigenvalue weighted by Gasteiger charge is 2.38. The van der Waals surface area contributed by atoms with E-state index in [0.29, 0.717) is 0 Å². The molecule has 0 bridgehead atoms. The summed E-state index contributed by atoms with van der Waals surface area (Å²) in [6.45, 7) is 0. The maximum absolute atomic E-state index is 12.9. The van der Waals surface area contributed by atoms with Crippen LogP contribution in [0.4, 0.5) is 26.3 Å². The summed E-state index contributed by atoms with van der Waals surface area (Å²) in [4.78, 5) is 14.8. The maximum Gasteiger partial charge on any atom is 0.573 e. The van der Waals surface area contributed by atoms with Gasteiger partial charge in [0.1, 0.15) is 5.75 Å². The van der Waals surface area contributed by atoms with Gasteiger partial charge in [0, 0.05) is 5.39 Å². The number of aromatic nitrogens is 1. The molecule has 1 aromatic carbocycles. The largest absolute Gasteiger partial charge is 0.573 e. The molecule has 1 aromatic heterocycles. The molecular formula is C13H7F6NO3.